The molecule has 0 radical (unpaired) electrons. The highest BCUT2D eigenvalue weighted by atomic mass is 19.1. The Morgan fingerprint density at radius 1 is 1.24 bits per heavy atom. The molecule has 1 fully saturated rings. The Morgan fingerprint density at radius 2 is 1.96 bits per heavy atom. The molecule has 25 heavy (non-hydrogen) atoms. The number of benzene rings is 1. The van der Waals surface area contributed by atoms with Crippen LogP contribution in [0.25, 0.3) is 0 Å². The maximum atomic E-state index is 13.1. The smallest absolute Gasteiger partial charge is 0.257 e. The second-order valence-electron chi connectivity index (χ2n) is 6.51. The minimum absolute atomic E-state index is 0.00288. The van der Waals surface area contributed by atoms with Crippen molar-refractivity contribution in [1.82, 2.24) is 9.97 Å². The molecule has 0 bridgehead atoms. The summed E-state index contributed by atoms with van der Waals surface area (Å²) in [7, 11) is 0. The van der Waals surface area contributed by atoms with Crippen LogP contribution in [0, 0.1) is 11.7 Å². The summed E-state index contributed by atoms with van der Waals surface area (Å²) in [6.45, 7) is 5.24. The van der Waals surface area contributed by atoms with Gasteiger partial charge in [0.1, 0.15) is 5.82 Å². The lowest BCUT2D eigenvalue weighted by Crippen LogP contribution is -2.39. The highest BCUT2D eigenvalue weighted by Crippen LogP contribution is 2.29. The molecule has 1 unspecified atom stereocenters. The van der Waals surface area contributed by atoms with E-state index in [4.69, 9.17) is 4.74 Å². The van der Waals surface area contributed by atoms with Crippen LogP contribution in [0.3, 0.4) is 0 Å². The normalized spacial score (nSPS) is 17.6. The maximum Gasteiger partial charge on any atom is 0.257 e. The molecular weight excluding hydrogens is 321 g/mol. The van der Waals surface area contributed by atoms with Crippen LogP contribution in [0.2, 0.25) is 0 Å². The number of rotatable bonds is 5. The molecule has 0 amide bonds. The minimum atomic E-state index is -0.336. The fourth-order valence-corrected chi connectivity index (χ4v) is 3.07. The third-order valence-corrected chi connectivity index (χ3v) is 4.21. The zero-order chi connectivity index (χ0) is 17.8. The van der Waals surface area contributed by atoms with Gasteiger partial charge in [0, 0.05) is 37.0 Å². The number of aromatic nitrogens is 2. The van der Waals surface area contributed by atoms with Crippen LogP contribution < -0.4 is 9.64 Å². The highest BCUT2D eigenvalue weighted by Gasteiger charge is 2.29. The molecule has 1 atom stereocenters. The Kier molecular flexibility index (Phi) is 5.26. The SMILES string of the molecule is CC(C)Oc1nccnc1N1CCCC(C(=O)c2ccc(F)cc2)C1. The first-order valence-corrected chi connectivity index (χ1v) is 8.57. The van der Waals surface area contributed by atoms with Crippen molar-refractivity contribution < 1.29 is 13.9 Å². The van der Waals surface area contributed by atoms with Gasteiger partial charge < -0.3 is 9.64 Å². The van der Waals surface area contributed by atoms with Crippen molar-refractivity contribution in [2.45, 2.75) is 32.8 Å². The summed E-state index contributed by atoms with van der Waals surface area (Å²) in [4.78, 5) is 23.5. The fraction of sp³-hybridized carbons (Fsp3) is 0.421. The lowest BCUT2D eigenvalue weighted by molar-refractivity contribution is 0.0906. The molecule has 1 aliphatic heterocycles. The minimum Gasteiger partial charge on any atom is -0.472 e. The second kappa shape index (κ2) is 7.59. The summed E-state index contributed by atoms with van der Waals surface area (Å²) < 4.78 is 18.8. The molecule has 1 aromatic carbocycles. The van der Waals surface area contributed by atoms with Crippen molar-refractivity contribution in [2.75, 3.05) is 18.0 Å². The number of nitrogens with zero attached hydrogens (tertiary/aromatic N) is 3. The lowest BCUT2D eigenvalue weighted by atomic mass is 9.90. The number of ether oxygens (including phenoxy) is 1. The number of piperidine rings is 1. The molecule has 1 aromatic heterocycles. The molecule has 0 N–H and O–H groups in total. The van der Waals surface area contributed by atoms with Crippen LogP contribution in [-0.4, -0.2) is 34.9 Å². The maximum absolute atomic E-state index is 13.1. The molecule has 2 aromatic rings. The molecule has 1 aliphatic rings. The van der Waals surface area contributed by atoms with Gasteiger partial charge in [-0.05, 0) is 51.0 Å². The number of carbonyl (C=O) groups excluding carboxylic acids is 1. The van der Waals surface area contributed by atoms with Crippen molar-refractivity contribution in [3.63, 3.8) is 0 Å². The zero-order valence-electron chi connectivity index (χ0n) is 14.5. The van der Waals surface area contributed by atoms with E-state index < -0.39 is 0 Å². The van der Waals surface area contributed by atoms with Crippen LogP contribution in [0.5, 0.6) is 5.88 Å². The molecule has 3 rings (SSSR count). The van der Waals surface area contributed by atoms with E-state index in [0.717, 1.165) is 19.4 Å². The Morgan fingerprint density at radius 3 is 2.68 bits per heavy atom. The topological polar surface area (TPSA) is 55.3 Å². The van der Waals surface area contributed by atoms with Crippen molar-refractivity contribution in [3.8, 4) is 5.88 Å². The Hall–Kier alpha value is -2.50. The summed E-state index contributed by atoms with van der Waals surface area (Å²) in [5.74, 6) is 0.727. The van der Waals surface area contributed by atoms with Crippen LogP contribution in [0.4, 0.5) is 10.2 Å². The monoisotopic (exact) mass is 343 g/mol. The average Bonchev–Trinajstić information content (AvgIpc) is 2.62. The van der Waals surface area contributed by atoms with Crippen molar-refractivity contribution in [1.29, 1.82) is 0 Å². The van der Waals surface area contributed by atoms with Gasteiger partial charge in [-0.25, -0.2) is 14.4 Å². The van der Waals surface area contributed by atoms with Gasteiger partial charge in [-0.2, -0.15) is 0 Å². The van der Waals surface area contributed by atoms with Crippen molar-refractivity contribution in [3.05, 3.63) is 48.0 Å². The van der Waals surface area contributed by atoms with E-state index in [1.54, 1.807) is 24.5 Å². The van der Waals surface area contributed by atoms with E-state index in [1.165, 1.54) is 12.1 Å². The zero-order valence-corrected chi connectivity index (χ0v) is 14.5. The van der Waals surface area contributed by atoms with Gasteiger partial charge in [0.2, 0.25) is 0 Å². The standard InChI is InChI=1S/C19H22FN3O2/c1-13(2)25-19-18(21-9-10-22-19)23-11-3-4-15(12-23)17(24)14-5-7-16(20)8-6-14/h5-10,13,15H,3-4,11-12H2,1-2H3. The lowest BCUT2D eigenvalue weighted by Gasteiger charge is -2.33. The van der Waals surface area contributed by atoms with Gasteiger partial charge in [-0.15, -0.1) is 0 Å². The second-order valence-corrected chi connectivity index (χ2v) is 6.51. The van der Waals surface area contributed by atoms with Crippen molar-refractivity contribution in [2.24, 2.45) is 5.92 Å². The van der Waals surface area contributed by atoms with Crippen LogP contribution in [0.1, 0.15) is 37.0 Å². The summed E-state index contributed by atoms with van der Waals surface area (Å²) in [5.41, 5.74) is 0.547. The van der Waals surface area contributed by atoms with Crippen LogP contribution in [0.15, 0.2) is 36.7 Å². The number of Topliss-reactive ketones (excluding diaryl/α,β-unsaturated/α-hetero) is 1. The van der Waals surface area contributed by atoms with E-state index in [9.17, 15) is 9.18 Å². The van der Waals surface area contributed by atoms with Gasteiger partial charge in [-0.3, -0.25) is 4.79 Å². The number of halogens is 1. The molecule has 2 heterocycles. The highest BCUT2D eigenvalue weighted by molar-refractivity contribution is 5.98. The van der Waals surface area contributed by atoms with Gasteiger partial charge >= 0.3 is 0 Å². The molecule has 0 spiro atoms. The van der Waals surface area contributed by atoms with Gasteiger partial charge in [0.15, 0.2) is 11.6 Å². The molecular formula is C19H22FN3O2. The van der Waals surface area contributed by atoms with Crippen LogP contribution in [-0.2, 0) is 0 Å². The molecule has 5 nitrogen and oxygen atoms in total. The first kappa shape index (κ1) is 17.3. The Bertz CT molecular complexity index is 734. The number of anilines is 1. The summed E-state index contributed by atoms with van der Waals surface area (Å²) in [5, 5.41) is 0. The number of ketones is 1. The summed E-state index contributed by atoms with van der Waals surface area (Å²) >= 11 is 0. The molecule has 0 saturated carbocycles. The van der Waals surface area contributed by atoms with Crippen molar-refractivity contribution >= 4 is 11.6 Å². The summed E-state index contributed by atoms with van der Waals surface area (Å²) in [6, 6.07) is 5.74. The predicted molar refractivity (Wildman–Crippen MR) is 93.5 cm³/mol. The Labute approximate surface area is 146 Å². The molecule has 0 aliphatic carbocycles. The van der Waals surface area contributed by atoms with Crippen LogP contribution >= 0.6 is 0 Å². The average molecular weight is 343 g/mol. The predicted octanol–water partition coefficient (Wildman–Crippen LogP) is 3.50. The first-order chi connectivity index (χ1) is 12.0. The quantitative estimate of drug-likeness (QED) is 0.778. The van der Waals surface area contributed by atoms with E-state index in [0.29, 0.717) is 23.8 Å². The molecule has 1 saturated heterocycles. The number of hydrogen-bond donors (Lipinski definition) is 0. The summed E-state index contributed by atoms with van der Waals surface area (Å²) in [6.07, 6.45) is 4.93. The van der Waals surface area contributed by atoms with Gasteiger partial charge in [-0.1, -0.05) is 0 Å². The number of hydrogen-bond acceptors (Lipinski definition) is 5. The van der Waals surface area contributed by atoms with Gasteiger partial charge in [0.05, 0.1) is 6.10 Å². The van der Waals surface area contributed by atoms with E-state index in [1.807, 2.05) is 13.8 Å². The fourth-order valence-electron chi connectivity index (χ4n) is 3.07. The van der Waals surface area contributed by atoms with E-state index in [2.05, 4.69) is 14.9 Å². The largest absolute Gasteiger partial charge is 0.472 e. The van der Waals surface area contributed by atoms with E-state index >= 15 is 0 Å². The Balaban J connectivity index is 1.77. The van der Waals surface area contributed by atoms with E-state index in [-0.39, 0.29) is 23.6 Å². The number of carbonyl (C=O) groups is 1. The first-order valence-electron chi connectivity index (χ1n) is 8.57. The third-order valence-electron chi connectivity index (χ3n) is 4.21. The molecule has 132 valence electrons. The van der Waals surface area contributed by atoms with Gasteiger partial charge in [0.25, 0.3) is 5.88 Å². The molecule has 6 heteroatoms. The third kappa shape index (κ3) is 4.13.